The molecule has 0 saturated carbocycles. The van der Waals surface area contributed by atoms with Crippen LogP contribution in [0, 0.1) is 12.3 Å². The maximum Gasteiger partial charge on any atom is 0.339 e. The highest BCUT2D eigenvalue weighted by atomic mass is 16.5. The average Bonchev–Trinajstić information content (AvgIpc) is 2.36. The number of hydrogen-bond acceptors (Lipinski definition) is 4. The SMILES string of the molecule is CCC(C)(C)CNc1ccc(C(=O)OC)c(C)n1. The summed E-state index contributed by atoms with van der Waals surface area (Å²) in [6.07, 6.45) is 1.10. The van der Waals surface area contributed by atoms with Gasteiger partial charge in [0.2, 0.25) is 0 Å². The van der Waals surface area contributed by atoms with E-state index in [2.05, 4.69) is 35.8 Å². The maximum absolute atomic E-state index is 11.4. The molecule has 0 aliphatic carbocycles. The fourth-order valence-corrected chi connectivity index (χ4v) is 1.44. The van der Waals surface area contributed by atoms with Crippen molar-refractivity contribution in [3.05, 3.63) is 23.4 Å². The van der Waals surface area contributed by atoms with E-state index in [1.54, 1.807) is 6.07 Å². The number of esters is 1. The van der Waals surface area contributed by atoms with E-state index in [0.29, 0.717) is 11.3 Å². The van der Waals surface area contributed by atoms with E-state index in [1.807, 2.05) is 13.0 Å². The Balaban J connectivity index is 2.76. The van der Waals surface area contributed by atoms with E-state index in [0.717, 1.165) is 18.8 Å². The summed E-state index contributed by atoms with van der Waals surface area (Å²) in [6.45, 7) is 9.24. The van der Waals surface area contributed by atoms with E-state index < -0.39 is 0 Å². The number of methoxy groups -OCH3 is 1. The molecule has 0 radical (unpaired) electrons. The van der Waals surface area contributed by atoms with Crippen molar-refractivity contribution in [2.75, 3.05) is 19.0 Å². The zero-order valence-electron chi connectivity index (χ0n) is 11.8. The van der Waals surface area contributed by atoms with Crippen molar-refractivity contribution < 1.29 is 9.53 Å². The first-order valence-corrected chi connectivity index (χ1v) is 6.19. The zero-order valence-corrected chi connectivity index (χ0v) is 11.8. The van der Waals surface area contributed by atoms with Crippen LogP contribution in [0.5, 0.6) is 0 Å². The van der Waals surface area contributed by atoms with Crippen molar-refractivity contribution in [1.29, 1.82) is 0 Å². The molecule has 0 atom stereocenters. The van der Waals surface area contributed by atoms with Crippen LogP contribution in [-0.2, 0) is 4.74 Å². The molecule has 0 amide bonds. The Morgan fingerprint density at radius 1 is 1.44 bits per heavy atom. The molecule has 1 aromatic rings. The molecule has 0 bridgehead atoms. The highest BCUT2D eigenvalue weighted by Crippen LogP contribution is 2.20. The predicted octanol–water partition coefficient (Wildman–Crippen LogP) is 3.02. The molecule has 1 rings (SSSR count). The Hall–Kier alpha value is -1.58. The topological polar surface area (TPSA) is 51.2 Å². The zero-order chi connectivity index (χ0) is 13.8. The molecular formula is C14H22N2O2. The molecule has 0 aliphatic rings. The first kappa shape index (κ1) is 14.5. The fraction of sp³-hybridized carbons (Fsp3) is 0.571. The second-order valence-corrected chi connectivity index (χ2v) is 5.19. The van der Waals surface area contributed by atoms with Crippen molar-refractivity contribution >= 4 is 11.8 Å². The molecule has 0 fully saturated rings. The quantitative estimate of drug-likeness (QED) is 0.816. The van der Waals surface area contributed by atoms with E-state index in [4.69, 9.17) is 0 Å². The van der Waals surface area contributed by atoms with Crippen LogP contribution in [0.3, 0.4) is 0 Å². The van der Waals surface area contributed by atoms with Crippen LogP contribution in [0.15, 0.2) is 12.1 Å². The summed E-state index contributed by atoms with van der Waals surface area (Å²) in [6, 6.07) is 3.56. The van der Waals surface area contributed by atoms with Crippen LogP contribution >= 0.6 is 0 Å². The number of aryl methyl sites for hydroxylation is 1. The van der Waals surface area contributed by atoms with Gasteiger partial charge in [-0.25, -0.2) is 9.78 Å². The lowest BCUT2D eigenvalue weighted by atomic mass is 9.90. The van der Waals surface area contributed by atoms with Gasteiger partial charge in [-0.05, 0) is 30.9 Å². The van der Waals surface area contributed by atoms with Gasteiger partial charge < -0.3 is 10.1 Å². The summed E-state index contributed by atoms with van der Waals surface area (Å²) in [7, 11) is 1.37. The minimum absolute atomic E-state index is 0.233. The number of carbonyl (C=O) groups is 1. The molecular weight excluding hydrogens is 228 g/mol. The Bertz CT molecular complexity index is 428. The van der Waals surface area contributed by atoms with Gasteiger partial charge in [-0.2, -0.15) is 0 Å². The van der Waals surface area contributed by atoms with Gasteiger partial charge in [-0.15, -0.1) is 0 Å². The Labute approximate surface area is 109 Å². The van der Waals surface area contributed by atoms with Crippen molar-refractivity contribution in [1.82, 2.24) is 4.98 Å². The molecule has 0 spiro atoms. The summed E-state index contributed by atoms with van der Waals surface area (Å²) >= 11 is 0. The third-order valence-corrected chi connectivity index (χ3v) is 3.20. The van der Waals surface area contributed by atoms with Crippen LogP contribution in [-0.4, -0.2) is 24.6 Å². The van der Waals surface area contributed by atoms with Gasteiger partial charge in [0.1, 0.15) is 5.82 Å². The van der Waals surface area contributed by atoms with Gasteiger partial charge in [0.15, 0.2) is 0 Å². The van der Waals surface area contributed by atoms with Gasteiger partial charge in [0.25, 0.3) is 0 Å². The van der Waals surface area contributed by atoms with Crippen LogP contribution in [0.25, 0.3) is 0 Å². The lowest BCUT2D eigenvalue weighted by Gasteiger charge is -2.23. The highest BCUT2D eigenvalue weighted by Gasteiger charge is 2.15. The average molecular weight is 250 g/mol. The number of aromatic nitrogens is 1. The molecule has 1 N–H and O–H groups in total. The monoisotopic (exact) mass is 250 g/mol. The minimum Gasteiger partial charge on any atom is -0.465 e. The summed E-state index contributed by atoms with van der Waals surface area (Å²) in [5, 5.41) is 3.30. The molecule has 0 aliphatic heterocycles. The number of pyridine rings is 1. The minimum atomic E-state index is -0.347. The second kappa shape index (κ2) is 5.85. The smallest absolute Gasteiger partial charge is 0.339 e. The number of nitrogens with one attached hydrogen (secondary N) is 1. The first-order chi connectivity index (χ1) is 8.39. The molecule has 0 unspecified atom stereocenters. The van der Waals surface area contributed by atoms with Crippen LogP contribution < -0.4 is 5.32 Å². The third-order valence-electron chi connectivity index (χ3n) is 3.20. The number of nitrogens with zero attached hydrogens (tertiary/aromatic N) is 1. The van der Waals surface area contributed by atoms with Crippen LogP contribution in [0.1, 0.15) is 43.2 Å². The van der Waals surface area contributed by atoms with Crippen molar-refractivity contribution in [3.63, 3.8) is 0 Å². The van der Waals surface area contributed by atoms with E-state index in [9.17, 15) is 4.79 Å². The largest absolute Gasteiger partial charge is 0.465 e. The molecule has 1 aromatic heterocycles. The molecule has 18 heavy (non-hydrogen) atoms. The van der Waals surface area contributed by atoms with Gasteiger partial charge in [-0.1, -0.05) is 20.8 Å². The summed E-state index contributed by atoms with van der Waals surface area (Å²) < 4.78 is 4.69. The highest BCUT2D eigenvalue weighted by molar-refractivity contribution is 5.90. The van der Waals surface area contributed by atoms with E-state index >= 15 is 0 Å². The van der Waals surface area contributed by atoms with Crippen molar-refractivity contribution in [2.45, 2.75) is 34.1 Å². The number of hydrogen-bond donors (Lipinski definition) is 1. The maximum atomic E-state index is 11.4. The molecule has 0 aromatic carbocycles. The first-order valence-electron chi connectivity index (χ1n) is 6.19. The number of anilines is 1. The van der Waals surface area contributed by atoms with Gasteiger partial charge in [0, 0.05) is 6.54 Å². The fourth-order valence-electron chi connectivity index (χ4n) is 1.44. The number of ether oxygens (including phenoxy) is 1. The Morgan fingerprint density at radius 3 is 2.61 bits per heavy atom. The Kier molecular flexibility index (Phi) is 4.70. The Morgan fingerprint density at radius 2 is 2.11 bits per heavy atom. The van der Waals surface area contributed by atoms with Gasteiger partial charge >= 0.3 is 5.97 Å². The molecule has 4 heteroatoms. The summed E-state index contributed by atoms with van der Waals surface area (Å²) in [5.74, 6) is 0.446. The standard InChI is InChI=1S/C14H22N2O2/c1-6-14(3,4)9-15-12-8-7-11(10(2)16-12)13(17)18-5/h7-8H,6,9H2,1-5H3,(H,15,16). The van der Waals surface area contributed by atoms with Gasteiger partial charge in [-0.3, -0.25) is 0 Å². The number of rotatable bonds is 5. The van der Waals surface area contributed by atoms with Crippen LogP contribution in [0.2, 0.25) is 0 Å². The number of carbonyl (C=O) groups excluding carboxylic acids is 1. The van der Waals surface area contributed by atoms with E-state index in [-0.39, 0.29) is 11.4 Å². The van der Waals surface area contributed by atoms with E-state index in [1.165, 1.54) is 7.11 Å². The van der Waals surface area contributed by atoms with Crippen molar-refractivity contribution in [2.24, 2.45) is 5.41 Å². The third kappa shape index (κ3) is 3.72. The molecule has 4 nitrogen and oxygen atoms in total. The van der Waals surface area contributed by atoms with Gasteiger partial charge in [0.05, 0.1) is 18.4 Å². The molecule has 100 valence electrons. The van der Waals surface area contributed by atoms with Crippen LogP contribution in [0.4, 0.5) is 5.82 Å². The summed E-state index contributed by atoms with van der Waals surface area (Å²) in [4.78, 5) is 15.8. The summed E-state index contributed by atoms with van der Waals surface area (Å²) in [5.41, 5.74) is 1.43. The lowest BCUT2D eigenvalue weighted by Crippen LogP contribution is -2.22. The predicted molar refractivity (Wildman–Crippen MR) is 72.9 cm³/mol. The van der Waals surface area contributed by atoms with Crippen molar-refractivity contribution in [3.8, 4) is 0 Å². The molecule has 0 saturated heterocycles. The normalized spacial score (nSPS) is 11.2. The molecule has 1 heterocycles. The lowest BCUT2D eigenvalue weighted by molar-refractivity contribution is 0.0599. The second-order valence-electron chi connectivity index (χ2n) is 5.19.